The van der Waals surface area contributed by atoms with Gasteiger partial charge in [-0.1, -0.05) is 30.0 Å². The summed E-state index contributed by atoms with van der Waals surface area (Å²) in [6.45, 7) is 1.87. The summed E-state index contributed by atoms with van der Waals surface area (Å²) in [6, 6.07) is 15.7. The average molecular weight is 356 g/mol. The average Bonchev–Trinajstić information content (AvgIpc) is 2.61. The monoisotopic (exact) mass is 356 g/mol. The molecule has 0 bridgehead atoms. The van der Waals surface area contributed by atoms with E-state index in [1.807, 2.05) is 37.3 Å². The van der Waals surface area contributed by atoms with Crippen LogP contribution in [0.1, 0.15) is 11.3 Å². The summed E-state index contributed by atoms with van der Waals surface area (Å²) in [5.74, 6) is 2.10. The molecule has 2 aromatic carbocycles. The third-order valence-electron chi connectivity index (χ3n) is 3.41. The SMILES string of the molecule is COc1ccc(Oc2cc(C)nc(SCc3ccccc3F)n2)cc1. The maximum absolute atomic E-state index is 13.7. The van der Waals surface area contributed by atoms with Gasteiger partial charge in [-0.2, -0.15) is 4.98 Å². The minimum Gasteiger partial charge on any atom is -0.497 e. The Morgan fingerprint density at radius 3 is 2.44 bits per heavy atom. The molecule has 0 saturated heterocycles. The predicted octanol–water partition coefficient (Wildman–Crippen LogP) is 5.02. The van der Waals surface area contributed by atoms with E-state index in [4.69, 9.17) is 9.47 Å². The zero-order valence-electron chi connectivity index (χ0n) is 13.9. The Bertz CT molecular complexity index is 856. The van der Waals surface area contributed by atoms with Crippen LogP contribution in [0.3, 0.4) is 0 Å². The van der Waals surface area contributed by atoms with Crippen molar-refractivity contribution in [3.05, 3.63) is 71.7 Å². The molecule has 0 fully saturated rings. The number of hydrogen-bond donors (Lipinski definition) is 0. The zero-order chi connectivity index (χ0) is 17.6. The molecular formula is C19H17FN2O2S. The molecule has 0 aliphatic heterocycles. The van der Waals surface area contributed by atoms with Crippen molar-refractivity contribution in [1.82, 2.24) is 9.97 Å². The van der Waals surface area contributed by atoms with E-state index in [9.17, 15) is 4.39 Å². The van der Waals surface area contributed by atoms with Crippen molar-refractivity contribution in [1.29, 1.82) is 0 Å². The number of hydrogen-bond acceptors (Lipinski definition) is 5. The van der Waals surface area contributed by atoms with Crippen LogP contribution in [0.5, 0.6) is 17.4 Å². The van der Waals surface area contributed by atoms with Crippen LogP contribution >= 0.6 is 11.8 Å². The summed E-state index contributed by atoms with van der Waals surface area (Å²) in [6.07, 6.45) is 0. The highest BCUT2D eigenvalue weighted by Crippen LogP contribution is 2.26. The molecule has 0 radical (unpaired) electrons. The second-order valence-electron chi connectivity index (χ2n) is 5.29. The summed E-state index contributed by atoms with van der Waals surface area (Å²) in [5, 5.41) is 0.548. The highest BCUT2D eigenvalue weighted by atomic mass is 32.2. The molecule has 3 rings (SSSR count). The summed E-state index contributed by atoms with van der Waals surface area (Å²) in [7, 11) is 1.61. The van der Waals surface area contributed by atoms with E-state index in [-0.39, 0.29) is 5.82 Å². The third-order valence-corrected chi connectivity index (χ3v) is 4.30. The summed E-state index contributed by atoms with van der Waals surface area (Å²) >= 11 is 1.37. The first-order valence-electron chi connectivity index (χ1n) is 7.68. The number of benzene rings is 2. The van der Waals surface area contributed by atoms with Gasteiger partial charge in [0.1, 0.15) is 17.3 Å². The molecule has 4 nitrogen and oxygen atoms in total. The van der Waals surface area contributed by atoms with Crippen LogP contribution in [0, 0.1) is 12.7 Å². The second kappa shape index (κ2) is 7.98. The molecule has 0 spiro atoms. The maximum Gasteiger partial charge on any atom is 0.223 e. The summed E-state index contributed by atoms with van der Waals surface area (Å²) in [5.41, 5.74) is 1.41. The van der Waals surface area contributed by atoms with Gasteiger partial charge in [0.25, 0.3) is 0 Å². The van der Waals surface area contributed by atoms with Crippen LogP contribution in [0.25, 0.3) is 0 Å². The lowest BCUT2D eigenvalue weighted by Gasteiger charge is -2.08. The van der Waals surface area contributed by atoms with Crippen LogP contribution < -0.4 is 9.47 Å². The fourth-order valence-corrected chi connectivity index (χ4v) is 3.03. The molecule has 1 aromatic heterocycles. The highest BCUT2D eigenvalue weighted by molar-refractivity contribution is 7.98. The van der Waals surface area contributed by atoms with Gasteiger partial charge in [-0.05, 0) is 42.8 Å². The standard InChI is InChI=1S/C19H17FN2O2S/c1-13-11-18(24-16-9-7-15(23-2)8-10-16)22-19(21-13)25-12-14-5-3-4-6-17(14)20/h3-11H,12H2,1-2H3. The number of thioether (sulfide) groups is 1. The molecule has 25 heavy (non-hydrogen) atoms. The molecule has 1 heterocycles. The maximum atomic E-state index is 13.7. The largest absolute Gasteiger partial charge is 0.497 e. The van der Waals surface area contributed by atoms with E-state index < -0.39 is 0 Å². The smallest absolute Gasteiger partial charge is 0.223 e. The van der Waals surface area contributed by atoms with Gasteiger partial charge >= 0.3 is 0 Å². The van der Waals surface area contributed by atoms with Gasteiger partial charge in [0.2, 0.25) is 5.88 Å². The van der Waals surface area contributed by atoms with Crippen molar-refractivity contribution < 1.29 is 13.9 Å². The Morgan fingerprint density at radius 2 is 1.72 bits per heavy atom. The summed E-state index contributed by atoms with van der Waals surface area (Å²) in [4.78, 5) is 8.77. The Labute approximate surface area is 150 Å². The van der Waals surface area contributed by atoms with E-state index in [1.54, 1.807) is 25.3 Å². The third kappa shape index (κ3) is 4.70. The van der Waals surface area contributed by atoms with Crippen LogP contribution in [0.2, 0.25) is 0 Å². The van der Waals surface area contributed by atoms with E-state index >= 15 is 0 Å². The van der Waals surface area contributed by atoms with Crippen LogP contribution in [0.4, 0.5) is 4.39 Å². The van der Waals surface area contributed by atoms with Gasteiger partial charge in [-0.15, -0.1) is 0 Å². The second-order valence-corrected chi connectivity index (χ2v) is 6.23. The van der Waals surface area contributed by atoms with Crippen molar-refractivity contribution in [3.8, 4) is 17.4 Å². The molecule has 0 saturated carbocycles. The van der Waals surface area contributed by atoms with Gasteiger partial charge in [-0.3, -0.25) is 0 Å². The molecular weight excluding hydrogens is 339 g/mol. The molecule has 0 amide bonds. The Hall–Kier alpha value is -2.60. The molecule has 0 N–H and O–H groups in total. The Morgan fingerprint density at radius 1 is 1.00 bits per heavy atom. The van der Waals surface area contributed by atoms with Crippen LogP contribution in [-0.2, 0) is 5.75 Å². The fourth-order valence-electron chi connectivity index (χ4n) is 2.15. The summed E-state index contributed by atoms with van der Waals surface area (Å²) < 4.78 is 24.6. The molecule has 0 aliphatic rings. The predicted molar refractivity (Wildman–Crippen MR) is 95.8 cm³/mol. The molecule has 3 aromatic rings. The number of aryl methyl sites for hydroxylation is 1. The zero-order valence-corrected chi connectivity index (χ0v) is 14.7. The molecule has 0 unspecified atom stereocenters. The van der Waals surface area contributed by atoms with E-state index in [0.717, 1.165) is 11.4 Å². The van der Waals surface area contributed by atoms with Crippen molar-refractivity contribution in [2.24, 2.45) is 0 Å². The van der Waals surface area contributed by atoms with Crippen molar-refractivity contribution >= 4 is 11.8 Å². The van der Waals surface area contributed by atoms with Gasteiger partial charge in [0.05, 0.1) is 7.11 Å². The normalized spacial score (nSPS) is 10.5. The topological polar surface area (TPSA) is 44.2 Å². The van der Waals surface area contributed by atoms with Crippen molar-refractivity contribution in [3.63, 3.8) is 0 Å². The van der Waals surface area contributed by atoms with Crippen molar-refractivity contribution in [2.45, 2.75) is 17.8 Å². The van der Waals surface area contributed by atoms with Gasteiger partial charge in [0.15, 0.2) is 5.16 Å². The number of methoxy groups -OCH3 is 1. The first-order valence-corrected chi connectivity index (χ1v) is 8.66. The number of nitrogens with zero attached hydrogens (tertiary/aromatic N) is 2. The lowest BCUT2D eigenvalue weighted by Crippen LogP contribution is -1.96. The lowest BCUT2D eigenvalue weighted by atomic mass is 10.2. The van der Waals surface area contributed by atoms with E-state index in [1.165, 1.54) is 17.8 Å². The molecule has 6 heteroatoms. The first-order chi connectivity index (χ1) is 12.1. The van der Waals surface area contributed by atoms with Gasteiger partial charge in [-0.25, -0.2) is 9.37 Å². The van der Waals surface area contributed by atoms with Crippen LogP contribution in [-0.4, -0.2) is 17.1 Å². The van der Waals surface area contributed by atoms with Gasteiger partial charge < -0.3 is 9.47 Å². The van der Waals surface area contributed by atoms with Crippen molar-refractivity contribution in [2.75, 3.05) is 7.11 Å². The van der Waals surface area contributed by atoms with E-state index in [2.05, 4.69) is 9.97 Å². The Balaban J connectivity index is 1.72. The first kappa shape index (κ1) is 17.2. The highest BCUT2D eigenvalue weighted by Gasteiger charge is 2.08. The van der Waals surface area contributed by atoms with E-state index in [0.29, 0.717) is 28.1 Å². The Kier molecular flexibility index (Phi) is 5.50. The molecule has 0 atom stereocenters. The number of halogens is 1. The minimum atomic E-state index is -0.225. The number of ether oxygens (including phenoxy) is 2. The number of rotatable bonds is 6. The minimum absolute atomic E-state index is 0.225. The quantitative estimate of drug-likeness (QED) is 0.458. The molecule has 128 valence electrons. The van der Waals surface area contributed by atoms with Gasteiger partial charge in [0, 0.05) is 17.5 Å². The fraction of sp³-hybridized carbons (Fsp3) is 0.158. The lowest BCUT2D eigenvalue weighted by molar-refractivity contribution is 0.411. The number of aromatic nitrogens is 2. The molecule has 0 aliphatic carbocycles. The van der Waals surface area contributed by atoms with Crippen LogP contribution in [0.15, 0.2) is 59.8 Å².